The van der Waals surface area contributed by atoms with Crippen LogP contribution >= 0.6 is 50.5 Å². The van der Waals surface area contributed by atoms with E-state index in [9.17, 15) is 9.59 Å². The van der Waals surface area contributed by atoms with Crippen molar-refractivity contribution in [3.05, 3.63) is 62.5 Å². The first-order valence-electron chi connectivity index (χ1n) is 9.44. The number of carbonyl (C=O) groups excluding carboxylic acids is 2. The second kappa shape index (κ2) is 10.5. The van der Waals surface area contributed by atoms with Crippen molar-refractivity contribution in [1.29, 1.82) is 0 Å². The van der Waals surface area contributed by atoms with Crippen molar-refractivity contribution in [3.8, 4) is 10.6 Å². The van der Waals surface area contributed by atoms with Crippen LogP contribution in [0.5, 0.6) is 0 Å². The Balaban J connectivity index is 1.75. The fourth-order valence-corrected chi connectivity index (χ4v) is 4.47. The molecule has 6 nitrogen and oxygen atoms in total. The van der Waals surface area contributed by atoms with Gasteiger partial charge >= 0.3 is 0 Å². The molecule has 2 atom stereocenters. The molecule has 2 N–H and O–H groups in total. The van der Waals surface area contributed by atoms with Crippen LogP contribution in [-0.4, -0.2) is 28.1 Å². The van der Waals surface area contributed by atoms with Crippen LogP contribution in [-0.2, 0) is 4.79 Å². The molecular formula is C21H19BrCl2N4O2S. The molecular weight excluding hydrogens is 523 g/mol. The van der Waals surface area contributed by atoms with Gasteiger partial charge in [-0.2, -0.15) is 0 Å². The van der Waals surface area contributed by atoms with Gasteiger partial charge in [-0.1, -0.05) is 82.9 Å². The number of benzene rings is 2. The summed E-state index contributed by atoms with van der Waals surface area (Å²) in [5.74, 6) is -0.916. The van der Waals surface area contributed by atoms with Crippen molar-refractivity contribution in [2.24, 2.45) is 5.92 Å². The Morgan fingerprint density at radius 3 is 2.48 bits per heavy atom. The van der Waals surface area contributed by atoms with Crippen LogP contribution in [0.1, 0.15) is 30.6 Å². The molecule has 3 aromatic rings. The average Bonchev–Trinajstić information content (AvgIpc) is 3.19. The minimum atomic E-state index is -0.770. The minimum Gasteiger partial charge on any atom is -0.340 e. The van der Waals surface area contributed by atoms with Crippen LogP contribution in [0.4, 0.5) is 5.13 Å². The highest BCUT2D eigenvalue weighted by Crippen LogP contribution is 2.28. The number of nitrogens with one attached hydrogen (secondary N) is 2. The Bertz CT molecular complexity index is 1090. The van der Waals surface area contributed by atoms with Gasteiger partial charge in [0.05, 0.1) is 0 Å². The van der Waals surface area contributed by atoms with E-state index in [2.05, 4.69) is 36.8 Å². The van der Waals surface area contributed by atoms with Crippen molar-refractivity contribution < 1.29 is 9.59 Å². The van der Waals surface area contributed by atoms with Crippen molar-refractivity contribution in [3.63, 3.8) is 0 Å². The molecule has 0 fully saturated rings. The van der Waals surface area contributed by atoms with Gasteiger partial charge in [0.25, 0.3) is 5.91 Å². The predicted octanol–water partition coefficient (Wildman–Crippen LogP) is 6.06. The fourth-order valence-electron chi connectivity index (χ4n) is 2.81. The highest BCUT2D eigenvalue weighted by Gasteiger charge is 2.27. The topological polar surface area (TPSA) is 84.0 Å². The fraction of sp³-hybridized carbons (Fsp3) is 0.238. The maximum absolute atomic E-state index is 13.0. The molecule has 162 valence electrons. The van der Waals surface area contributed by atoms with Gasteiger partial charge < -0.3 is 5.32 Å². The Labute approximate surface area is 202 Å². The molecule has 0 bridgehead atoms. The molecule has 0 aliphatic rings. The van der Waals surface area contributed by atoms with Gasteiger partial charge in [0.1, 0.15) is 11.0 Å². The van der Waals surface area contributed by atoms with Gasteiger partial charge in [-0.3, -0.25) is 14.9 Å². The standard InChI is InChI=1S/C21H19BrCl2N4O2S/c1-3-11(2)17(25-18(29)13-8-15(23)10-16(24)9-13)19(30)26-21-28-27-20(31-21)12-5-4-6-14(22)7-12/h4-11,17H,3H2,1-2H3,(H,25,29)(H,26,28,30)/t11-,17-/m1/s1. The molecule has 0 unspecified atom stereocenters. The number of hydrogen-bond acceptors (Lipinski definition) is 5. The zero-order valence-corrected chi connectivity index (χ0v) is 20.6. The maximum Gasteiger partial charge on any atom is 0.252 e. The lowest BCUT2D eigenvalue weighted by molar-refractivity contribution is -0.119. The molecule has 10 heteroatoms. The van der Waals surface area contributed by atoms with Gasteiger partial charge in [0.15, 0.2) is 0 Å². The number of hydrogen-bond donors (Lipinski definition) is 2. The number of anilines is 1. The molecule has 1 heterocycles. The van der Waals surface area contributed by atoms with E-state index >= 15 is 0 Å². The van der Waals surface area contributed by atoms with Crippen LogP contribution in [0.3, 0.4) is 0 Å². The Hall–Kier alpha value is -2.00. The molecule has 0 radical (unpaired) electrons. The summed E-state index contributed by atoms with van der Waals surface area (Å²) in [5.41, 5.74) is 1.17. The van der Waals surface area contributed by atoms with Crippen molar-refractivity contribution in [2.75, 3.05) is 5.32 Å². The summed E-state index contributed by atoms with van der Waals surface area (Å²) in [6.45, 7) is 3.84. The van der Waals surface area contributed by atoms with Gasteiger partial charge in [-0.25, -0.2) is 0 Å². The molecule has 2 aromatic carbocycles. The SMILES string of the molecule is CC[C@@H](C)[C@@H](NC(=O)c1cc(Cl)cc(Cl)c1)C(=O)Nc1nnc(-c2cccc(Br)c2)s1. The number of rotatable bonds is 7. The zero-order valence-electron chi connectivity index (χ0n) is 16.7. The molecule has 2 amide bonds. The van der Waals surface area contributed by atoms with E-state index in [4.69, 9.17) is 23.2 Å². The lowest BCUT2D eigenvalue weighted by Crippen LogP contribution is -2.47. The van der Waals surface area contributed by atoms with E-state index in [1.807, 2.05) is 38.1 Å². The molecule has 1 aromatic heterocycles. The molecule has 31 heavy (non-hydrogen) atoms. The highest BCUT2D eigenvalue weighted by molar-refractivity contribution is 9.10. The second-order valence-electron chi connectivity index (χ2n) is 6.91. The van der Waals surface area contributed by atoms with Crippen LogP contribution in [0.2, 0.25) is 10.0 Å². The van der Waals surface area contributed by atoms with E-state index in [1.165, 1.54) is 29.5 Å². The third kappa shape index (κ3) is 6.26. The summed E-state index contributed by atoms with van der Waals surface area (Å²) in [4.78, 5) is 25.7. The monoisotopic (exact) mass is 540 g/mol. The Morgan fingerprint density at radius 2 is 1.84 bits per heavy atom. The average molecular weight is 542 g/mol. The van der Waals surface area contributed by atoms with E-state index in [0.29, 0.717) is 26.6 Å². The summed E-state index contributed by atoms with van der Waals surface area (Å²) >= 11 is 16.7. The van der Waals surface area contributed by atoms with Crippen LogP contribution in [0.25, 0.3) is 10.6 Å². The first-order valence-corrected chi connectivity index (χ1v) is 11.8. The number of aromatic nitrogens is 2. The van der Waals surface area contributed by atoms with Crippen LogP contribution in [0, 0.1) is 5.92 Å². The van der Waals surface area contributed by atoms with E-state index < -0.39 is 11.9 Å². The number of carbonyl (C=O) groups is 2. The summed E-state index contributed by atoms with van der Waals surface area (Å²) in [7, 11) is 0. The molecule has 0 saturated heterocycles. The normalized spacial score (nSPS) is 12.8. The maximum atomic E-state index is 13.0. The predicted molar refractivity (Wildman–Crippen MR) is 129 cm³/mol. The lowest BCUT2D eigenvalue weighted by Gasteiger charge is -2.23. The van der Waals surface area contributed by atoms with Gasteiger partial charge in [0.2, 0.25) is 11.0 Å². The van der Waals surface area contributed by atoms with Crippen LogP contribution < -0.4 is 10.6 Å². The van der Waals surface area contributed by atoms with Gasteiger partial charge in [0, 0.05) is 25.6 Å². The molecule has 0 spiro atoms. The van der Waals surface area contributed by atoms with E-state index in [-0.39, 0.29) is 17.4 Å². The van der Waals surface area contributed by atoms with Gasteiger partial charge in [-0.05, 0) is 36.2 Å². The molecule has 3 rings (SSSR count). The van der Waals surface area contributed by atoms with E-state index in [1.54, 1.807) is 0 Å². The highest BCUT2D eigenvalue weighted by atomic mass is 79.9. The first-order chi connectivity index (χ1) is 14.8. The summed E-state index contributed by atoms with van der Waals surface area (Å²) in [5, 5.41) is 15.5. The molecule has 0 saturated carbocycles. The summed E-state index contributed by atoms with van der Waals surface area (Å²) in [6.07, 6.45) is 0.689. The molecule has 0 aliphatic carbocycles. The Kier molecular flexibility index (Phi) is 8.05. The smallest absolute Gasteiger partial charge is 0.252 e. The number of halogens is 3. The second-order valence-corrected chi connectivity index (χ2v) is 9.67. The van der Waals surface area contributed by atoms with Crippen molar-refractivity contribution >= 4 is 67.4 Å². The van der Waals surface area contributed by atoms with Gasteiger partial charge in [-0.15, -0.1) is 10.2 Å². The van der Waals surface area contributed by atoms with Crippen molar-refractivity contribution in [2.45, 2.75) is 26.3 Å². The Morgan fingerprint density at radius 1 is 1.13 bits per heavy atom. The summed E-state index contributed by atoms with van der Waals surface area (Å²) < 4.78 is 0.923. The largest absolute Gasteiger partial charge is 0.340 e. The quantitative estimate of drug-likeness (QED) is 0.381. The molecule has 0 aliphatic heterocycles. The minimum absolute atomic E-state index is 0.115. The van der Waals surface area contributed by atoms with Crippen molar-refractivity contribution in [1.82, 2.24) is 15.5 Å². The third-order valence-corrected chi connectivity index (χ3v) is 6.45. The lowest BCUT2D eigenvalue weighted by atomic mass is 9.98. The van der Waals surface area contributed by atoms with Crippen LogP contribution in [0.15, 0.2) is 46.9 Å². The van der Waals surface area contributed by atoms with E-state index in [0.717, 1.165) is 10.0 Å². The summed E-state index contributed by atoms with van der Waals surface area (Å²) in [6, 6.07) is 11.4. The number of nitrogens with zero attached hydrogens (tertiary/aromatic N) is 2. The number of amides is 2. The zero-order chi connectivity index (χ0) is 22.5. The first kappa shape index (κ1) is 23.7. The third-order valence-electron chi connectivity index (χ3n) is 4.63.